The Morgan fingerprint density at radius 1 is 1.11 bits per heavy atom. The van der Waals surface area contributed by atoms with E-state index in [2.05, 4.69) is 10.3 Å². The number of carbonyl (C=O) groups excluding carboxylic acids is 2. The number of fused-ring (bicyclic) bond motifs is 2. The molecule has 8 nitrogen and oxygen atoms in total. The van der Waals surface area contributed by atoms with Gasteiger partial charge in [0.05, 0.1) is 30.2 Å². The van der Waals surface area contributed by atoms with E-state index in [0.29, 0.717) is 35.6 Å². The van der Waals surface area contributed by atoms with Crippen LogP contribution < -0.4 is 14.8 Å². The molecule has 1 N–H and O–H groups in total. The van der Waals surface area contributed by atoms with Gasteiger partial charge in [0.1, 0.15) is 19.3 Å². The highest BCUT2D eigenvalue weighted by atomic mass is 19.3. The number of aromatic nitrogens is 1. The third-order valence-corrected chi connectivity index (χ3v) is 6.00. The van der Waals surface area contributed by atoms with E-state index in [-0.39, 0.29) is 5.56 Å². The summed E-state index contributed by atoms with van der Waals surface area (Å²) < 4.78 is 38.5. The molecular weight excluding hydrogens is 458 g/mol. The fraction of sp³-hybridized carbons (Fsp3) is 0.280. The number of amides is 2. The summed E-state index contributed by atoms with van der Waals surface area (Å²) in [5, 5.41) is 12.1. The van der Waals surface area contributed by atoms with E-state index < -0.39 is 43.3 Å². The maximum atomic E-state index is 13.6. The average molecular weight is 478 g/mol. The summed E-state index contributed by atoms with van der Waals surface area (Å²) in [4.78, 5) is 30.5. The first kappa shape index (κ1) is 22.5. The van der Waals surface area contributed by atoms with Crippen molar-refractivity contribution in [3.05, 3.63) is 54.2 Å². The second-order valence-corrected chi connectivity index (χ2v) is 8.36. The lowest BCUT2D eigenvalue weighted by Gasteiger charge is -2.19. The van der Waals surface area contributed by atoms with E-state index in [1.165, 1.54) is 12.3 Å². The van der Waals surface area contributed by atoms with Gasteiger partial charge in [0.2, 0.25) is 5.91 Å². The number of pyridine rings is 1. The zero-order valence-corrected chi connectivity index (χ0v) is 18.5. The molecule has 3 heterocycles. The molecule has 2 aromatic carbocycles. The van der Waals surface area contributed by atoms with Crippen LogP contribution in [0.3, 0.4) is 0 Å². The van der Waals surface area contributed by atoms with Gasteiger partial charge in [-0.05, 0) is 41.5 Å². The normalized spacial score (nSPS) is 18.2. The minimum atomic E-state index is -3.12. The molecule has 0 unspecified atom stereocenters. The molecule has 35 heavy (non-hydrogen) atoms. The van der Waals surface area contributed by atoms with Crippen LogP contribution in [0.15, 0.2) is 48.7 Å². The first-order valence-electron chi connectivity index (χ1n) is 11.0. The Kier molecular flexibility index (Phi) is 5.68. The summed E-state index contributed by atoms with van der Waals surface area (Å²) in [6.07, 6.45) is 0.774. The molecule has 0 aliphatic carbocycles. The number of halogens is 2. The van der Waals surface area contributed by atoms with Crippen molar-refractivity contribution in [2.45, 2.75) is 18.4 Å². The quantitative estimate of drug-likeness (QED) is 0.618. The van der Waals surface area contributed by atoms with Crippen molar-refractivity contribution >= 4 is 22.7 Å². The van der Waals surface area contributed by atoms with E-state index in [1.54, 1.807) is 12.1 Å². The maximum absolute atomic E-state index is 13.6. The smallest absolute Gasteiger partial charge is 0.268 e. The van der Waals surface area contributed by atoms with Crippen LogP contribution in [0.4, 0.5) is 8.78 Å². The number of nitrogens with zero attached hydrogens (tertiary/aromatic N) is 3. The number of nitrogens with one attached hydrogen (secondary N) is 1. The second kappa shape index (κ2) is 8.83. The van der Waals surface area contributed by atoms with Crippen LogP contribution in [0, 0.1) is 11.3 Å². The first-order valence-corrected chi connectivity index (χ1v) is 11.0. The van der Waals surface area contributed by atoms with Gasteiger partial charge in [0.25, 0.3) is 11.8 Å². The van der Waals surface area contributed by atoms with Crippen LogP contribution in [0.25, 0.3) is 22.0 Å². The first-order chi connectivity index (χ1) is 16.8. The molecule has 0 spiro atoms. The Labute approximate surface area is 199 Å². The number of alkyl halides is 2. The van der Waals surface area contributed by atoms with Gasteiger partial charge in [-0.25, -0.2) is 8.78 Å². The Morgan fingerprint density at radius 3 is 2.66 bits per heavy atom. The van der Waals surface area contributed by atoms with Gasteiger partial charge in [-0.15, -0.1) is 0 Å². The zero-order valence-electron chi connectivity index (χ0n) is 18.5. The number of nitriles is 1. The van der Waals surface area contributed by atoms with Gasteiger partial charge in [-0.3, -0.25) is 14.6 Å². The van der Waals surface area contributed by atoms with Gasteiger partial charge in [0, 0.05) is 18.0 Å². The molecule has 0 bridgehead atoms. The van der Waals surface area contributed by atoms with Crippen molar-refractivity contribution in [1.29, 1.82) is 5.26 Å². The lowest BCUT2D eigenvalue weighted by atomic mass is 10.00. The molecule has 2 aliphatic heterocycles. The van der Waals surface area contributed by atoms with Gasteiger partial charge in [-0.1, -0.05) is 12.1 Å². The Hall–Kier alpha value is -4.26. The summed E-state index contributed by atoms with van der Waals surface area (Å²) in [5.41, 5.74) is 2.54. The highest BCUT2D eigenvalue weighted by Gasteiger charge is 2.47. The number of rotatable bonds is 4. The van der Waals surface area contributed by atoms with Crippen molar-refractivity contribution in [3.63, 3.8) is 0 Å². The Bertz CT molecular complexity index is 1370. The molecule has 2 amide bonds. The minimum Gasteiger partial charge on any atom is -0.486 e. The lowest BCUT2D eigenvalue weighted by Crippen LogP contribution is -2.43. The van der Waals surface area contributed by atoms with E-state index in [1.807, 2.05) is 30.3 Å². The third-order valence-electron chi connectivity index (χ3n) is 6.00. The topological polar surface area (TPSA) is 105 Å². The molecule has 2 aliphatic rings. The van der Waals surface area contributed by atoms with Crippen LogP contribution in [0.5, 0.6) is 11.5 Å². The number of hydrogen-bond acceptors (Lipinski definition) is 6. The van der Waals surface area contributed by atoms with Crippen LogP contribution in [0.1, 0.15) is 16.8 Å². The van der Waals surface area contributed by atoms with E-state index >= 15 is 0 Å². The van der Waals surface area contributed by atoms with Gasteiger partial charge < -0.3 is 19.7 Å². The van der Waals surface area contributed by atoms with Gasteiger partial charge in [-0.2, -0.15) is 5.26 Å². The van der Waals surface area contributed by atoms with Gasteiger partial charge >= 0.3 is 0 Å². The molecule has 0 saturated carbocycles. The van der Waals surface area contributed by atoms with Crippen molar-refractivity contribution in [2.75, 3.05) is 26.3 Å². The standard InChI is InChI=1S/C25H20F2N4O4/c26-25(27)11-17(12-28)31(14-25)23(32)13-30-24(33)18-5-6-29-20-3-1-15(9-19(18)20)16-2-4-21-22(10-16)35-8-7-34-21/h1-6,9-10,17H,7-8,11,13-14H2,(H,30,33)/t17-/m0/s1. The molecular formula is C25H20F2N4O4. The number of carbonyl (C=O) groups is 2. The SMILES string of the molecule is N#C[C@@H]1CC(F)(F)CN1C(=O)CNC(=O)c1ccnc2ccc(-c3ccc4c(c3)OCCO4)cc12. The van der Waals surface area contributed by atoms with Crippen molar-refractivity contribution < 1.29 is 27.8 Å². The summed E-state index contributed by atoms with van der Waals surface area (Å²) in [5.74, 6) is -3.10. The van der Waals surface area contributed by atoms with Crippen molar-refractivity contribution in [2.24, 2.45) is 0 Å². The fourth-order valence-corrected chi connectivity index (χ4v) is 4.29. The van der Waals surface area contributed by atoms with Crippen LogP contribution in [0.2, 0.25) is 0 Å². The molecule has 5 rings (SSSR count). The van der Waals surface area contributed by atoms with Crippen LogP contribution in [-0.2, 0) is 4.79 Å². The Balaban J connectivity index is 1.37. The molecule has 1 saturated heterocycles. The maximum Gasteiger partial charge on any atom is 0.268 e. The number of hydrogen-bond donors (Lipinski definition) is 1. The van der Waals surface area contributed by atoms with Crippen molar-refractivity contribution in [3.8, 4) is 28.7 Å². The van der Waals surface area contributed by atoms with Crippen LogP contribution >= 0.6 is 0 Å². The number of likely N-dealkylation sites (tertiary alicyclic amines) is 1. The Morgan fingerprint density at radius 2 is 1.86 bits per heavy atom. The number of benzene rings is 2. The lowest BCUT2D eigenvalue weighted by molar-refractivity contribution is -0.131. The summed E-state index contributed by atoms with van der Waals surface area (Å²) in [6, 6.07) is 13.1. The highest BCUT2D eigenvalue weighted by Crippen LogP contribution is 2.35. The monoisotopic (exact) mass is 478 g/mol. The predicted octanol–water partition coefficient (Wildman–Crippen LogP) is 3.16. The van der Waals surface area contributed by atoms with E-state index in [4.69, 9.17) is 14.7 Å². The third kappa shape index (κ3) is 4.45. The molecule has 0 radical (unpaired) electrons. The largest absolute Gasteiger partial charge is 0.486 e. The van der Waals surface area contributed by atoms with Crippen LogP contribution in [-0.4, -0.2) is 60.0 Å². The molecule has 1 atom stereocenters. The molecule has 178 valence electrons. The summed E-state index contributed by atoms with van der Waals surface area (Å²) >= 11 is 0. The summed E-state index contributed by atoms with van der Waals surface area (Å²) in [6.45, 7) is -0.382. The predicted molar refractivity (Wildman–Crippen MR) is 121 cm³/mol. The molecule has 1 fully saturated rings. The second-order valence-electron chi connectivity index (χ2n) is 8.36. The van der Waals surface area contributed by atoms with Crippen molar-refractivity contribution in [1.82, 2.24) is 15.2 Å². The minimum absolute atomic E-state index is 0.283. The van der Waals surface area contributed by atoms with E-state index in [9.17, 15) is 18.4 Å². The number of ether oxygens (including phenoxy) is 2. The summed E-state index contributed by atoms with van der Waals surface area (Å²) in [7, 11) is 0. The highest BCUT2D eigenvalue weighted by molar-refractivity contribution is 6.07. The zero-order chi connectivity index (χ0) is 24.6. The molecule has 10 heteroatoms. The van der Waals surface area contributed by atoms with E-state index in [0.717, 1.165) is 16.0 Å². The fourth-order valence-electron chi connectivity index (χ4n) is 4.29. The molecule has 3 aromatic rings. The van der Waals surface area contributed by atoms with Gasteiger partial charge in [0.15, 0.2) is 11.5 Å². The average Bonchev–Trinajstić information content (AvgIpc) is 3.20. The molecule has 1 aromatic heterocycles.